The minimum atomic E-state index is -4.17. The number of alkyl halides is 3. The number of halogens is 3. The molecule has 1 aliphatic carbocycles. The number of amides is 1. The number of hydrogen-bond acceptors (Lipinski definition) is 3. The zero-order chi connectivity index (χ0) is 14.0. The summed E-state index contributed by atoms with van der Waals surface area (Å²) in [5.74, 6) is -0.00888. The number of carbonyl (C=O) groups is 1. The fraction of sp³-hybridized carbons (Fsp3) is 0.917. The van der Waals surface area contributed by atoms with Crippen LogP contribution in [-0.2, 0) is 4.79 Å². The van der Waals surface area contributed by atoms with Crippen LogP contribution in [0.1, 0.15) is 19.8 Å². The average molecular weight is 279 g/mol. The lowest BCUT2D eigenvalue weighted by atomic mass is 10.2. The number of carbonyl (C=O) groups excluding carboxylic acids is 1. The predicted octanol–water partition coefficient (Wildman–Crippen LogP) is 0.833. The molecule has 2 aliphatic rings. The quantitative estimate of drug-likeness (QED) is 0.828. The lowest BCUT2D eigenvalue weighted by Crippen LogP contribution is -2.56. The predicted molar refractivity (Wildman–Crippen MR) is 64.7 cm³/mol. The van der Waals surface area contributed by atoms with Crippen LogP contribution in [0.2, 0.25) is 0 Å². The molecule has 2 rings (SSSR count). The molecule has 0 unspecified atom stereocenters. The highest BCUT2D eigenvalue weighted by Crippen LogP contribution is 2.21. The van der Waals surface area contributed by atoms with Crippen molar-refractivity contribution in [1.82, 2.24) is 15.1 Å². The third-order valence-electron chi connectivity index (χ3n) is 3.62. The van der Waals surface area contributed by atoms with Gasteiger partial charge in [0.05, 0.1) is 13.1 Å². The Morgan fingerprint density at radius 3 is 2.53 bits per heavy atom. The normalized spacial score (nSPS) is 25.7. The molecule has 0 aromatic heterocycles. The Bertz CT molecular complexity index is 331. The van der Waals surface area contributed by atoms with Crippen molar-refractivity contribution in [3.63, 3.8) is 0 Å². The van der Waals surface area contributed by atoms with Gasteiger partial charge in [-0.25, -0.2) is 0 Å². The van der Waals surface area contributed by atoms with Crippen LogP contribution >= 0.6 is 0 Å². The van der Waals surface area contributed by atoms with E-state index < -0.39 is 12.7 Å². The number of rotatable bonds is 4. The Morgan fingerprint density at radius 1 is 1.32 bits per heavy atom. The lowest BCUT2D eigenvalue weighted by Gasteiger charge is -2.40. The summed E-state index contributed by atoms with van der Waals surface area (Å²) in [5, 5.41) is 3.13. The largest absolute Gasteiger partial charge is 0.401 e. The van der Waals surface area contributed by atoms with Crippen LogP contribution in [-0.4, -0.2) is 66.7 Å². The van der Waals surface area contributed by atoms with Gasteiger partial charge < -0.3 is 10.2 Å². The van der Waals surface area contributed by atoms with E-state index in [-0.39, 0.29) is 18.5 Å². The second-order valence-electron chi connectivity index (χ2n) is 5.43. The maximum absolute atomic E-state index is 12.4. The minimum Gasteiger partial charge on any atom is -0.339 e. The van der Waals surface area contributed by atoms with E-state index in [2.05, 4.69) is 5.32 Å². The van der Waals surface area contributed by atoms with Gasteiger partial charge in [0, 0.05) is 31.7 Å². The Morgan fingerprint density at radius 2 is 2.00 bits per heavy atom. The number of nitrogens with zero attached hydrogens (tertiary/aromatic N) is 2. The first kappa shape index (κ1) is 14.6. The van der Waals surface area contributed by atoms with Crippen molar-refractivity contribution >= 4 is 5.91 Å². The smallest absolute Gasteiger partial charge is 0.339 e. The molecule has 110 valence electrons. The van der Waals surface area contributed by atoms with E-state index in [9.17, 15) is 18.0 Å². The third kappa shape index (κ3) is 4.65. The fourth-order valence-electron chi connectivity index (χ4n) is 2.32. The van der Waals surface area contributed by atoms with Crippen LogP contribution in [0.15, 0.2) is 0 Å². The van der Waals surface area contributed by atoms with Crippen LogP contribution < -0.4 is 5.32 Å². The van der Waals surface area contributed by atoms with Crippen LogP contribution in [0.3, 0.4) is 0 Å². The highest BCUT2D eigenvalue weighted by molar-refractivity contribution is 5.78. The molecule has 19 heavy (non-hydrogen) atoms. The SMILES string of the molecule is C[C@H]1CN(C(=O)CNC2CC2)CCN1CC(F)(F)F. The Hall–Kier alpha value is -0.820. The van der Waals surface area contributed by atoms with Gasteiger partial charge in [-0.15, -0.1) is 0 Å². The Labute approximate surface area is 110 Å². The van der Waals surface area contributed by atoms with Crippen molar-refractivity contribution in [2.45, 2.75) is 38.0 Å². The van der Waals surface area contributed by atoms with E-state index in [0.717, 1.165) is 12.8 Å². The molecule has 0 aromatic carbocycles. The lowest BCUT2D eigenvalue weighted by molar-refractivity contribution is -0.157. The molecule has 0 bridgehead atoms. The standard InChI is InChI=1S/C12H20F3N3O/c1-9-7-17(11(19)6-16-10-2-3-10)4-5-18(9)8-12(13,14)15/h9-10,16H,2-8H2,1H3/t9-/m0/s1. The van der Waals surface area contributed by atoms with E-state index in [1.807, 2.05) is 0 Å². The van der Waals surface area contributed by atoms with E-state index >= 15 is 0 Å². The maximum atomic E-state index is 12.4. The monoisotopic (exact) mass is 279 g/mol. The molecule has 1 amide bonds. The van der Waals surface area contributed by atoms with Crippen LogP contribution in [0.25, 0.3) is 0 Å². The molecule has 1 saturated carbocycles. The second kappa shape index (κ2) is 5.66. The van der Waals surface area contributed by atoms with Gasteiger partial charge in [-0.05, 0) is 19.8 Å². The highest BCUT2D eigenvalue weighted by atomic mass is 19.4. The first-order valence-corrected chi connectivity index (χ1v) is 6.67. The Kier molecular flexibility index (Phi) is 4.35. The summed E-state index contributed by atoms with van der Waals surface area (Å²) in [5.41, 5.74) is 0. The summed E-state index contributed by atoms with van der Waals surface area (Å²) in [6, 6.07) is 0.216. The van der Waals surface area contributed by atoms with Crippen molar-refractivity contribution in [1.29, 1.82) is 0 Å². The zero-order valence-corrected chi connectivity index (χ0v) is 11.0. The molecule has 2 fully saturated rings. The average Bonchev–Trinajstić information content (AvgIpc) is 3.11. The zero-order valence-electron chi connectivity index (χ0n) is 11.0. The molecule has 1 atom stereocenters. The van der Waals surface area contributed by atoms with Crippen molar-refractivity contribution in [2.24, 2.45) is 0 Å². The van der Waals surface area contributed by atoms with E-state index in [1.54, 1.807) is 11.8 Å². The molecule has 7 heteroatoms. The number of nitrogens with one attached hydrogen (secondary N) is 1. The van der Waals surface area contributed by atoms with Crippen molar-refractivity contribution in [3.8, 4) is 0 Å². The molecule has 1 aliphatic heterocycles. The molecule has 0 spiro atoms. The van der Waals surface area contributed by atoms with Crippen LogP contribution in [0.5, 0.6) is 0 Å². The third-order valence-corrected chi connectivity index (χ3v) is 3.62. The second-order valence-corrected chi connectivity index (χ2v) is 5.43. The highest BCUT2D eigenvalue weighted by Gasteiger charge is 2.36. The van der Waals surface area contributed by atoms with Gasteiger partial charge in [0.15, 0.2) is 0 Å². The molecular formula is C12H20F3N3O. The summed E-state index contributed by atoms with van der Waals surface area (Å²) >= 11 is 0. The molecular weight excluding hydrogens is 259 g/mol. The first-order chi connectivity index (χ1) is 8.85. The van der Waals surface area contributed by atoms with Gasteiger partial charge in [-0.2, -0.15) is 13.2 Å². The minimum absolute atomic E-state index is 0.00888. The van der Waals surface area contributed by atoms with Gasteiger partial charge in [-0.3, -0.25) is 9.69 Å². The van der Waals surface area contributed by atoms with Crippen LogP contribution in [0.4, 0.5) is 13.2 Å². The van der Waals surface area contributed by atoms with Gasteiger partial charge in [-0.1, -0.05) is 0 Å². The summed E-state index contributed by atoms with van der Waals surface area (Å²) < 4.78 is 37.1. The first-order valence-electron chi connectivity index (χ1n) is 6.67. The van der Waals surface area contributed by atoms with E-state index in [1.165, 1.54) is 4.90 Å². The van der Waals surface area contributed by atoms with E-state index in [4.69, 9.17) is 0 Å². The fourth-order valence-corrected chi connectivity index (χ4v) is 2.32. The van der Waals surface area contributed by atoms with Gasteiger partial charge in [0.1, 0.15) is 0 Å². The molecule has 1 N–H and O–H groups in total. The van der Waals surface area contributed by atoms with Gasteiger partial charge >= 0.3 is 6.18 Å². The molecule has 0 radical (unpaired) electrons. The summed E-state index contributed by atoms with van der Waals surface area (Å²) in [7, 11) is 0. The van der Waals surface area contributed by atoms with E-state index in [0.29, 0.717) is 25.7 Å². The van der Waals surface area contributed by atoms with Crippen molar-refractivity contribution in [3.05, 3.63) is 0 Å². The van der Waals surface area contributed by atoms with Crippen LogP contribution in [0, 0.1) is 0 Å². The van der Waals surface area contributed by atoms with Crippen molar-refractivity contribution in [2.75, 3.05) is 32.7 Å². The number of hydrogen-bond donors (Lipinski definition) is 1. The maximum Gasteiger partial charge on any atom is 0.401 e. The van der Waals surface area contributed by atoms with Gasteiger partial charge in [0.25, 0.3) is 0 Å². The molecule has 4 nitrogen and oxygen atoms in total. The summed E-state index contributed by atoms with van der Waals surface area (Å²) in [6.07, 6.45) is -1.94. The molecule has 0 aromatic rings. The summed E-state index contributed by atoms with van der Waals surface area (Å²) in [4.78, 5) is 14.9. The Balaban J connectivity index is 1.76. The molecule has 1 saturated heterocycles. The number of piperazine rings is 1. The van der Waals surface area contributed by atoms with Crippen molar-refractivity contribution < 1.29 is 18.0 Å². The topological polar surface area (TPSA) is 35.6 Å². The summed E-state index contributed by atoms with van der Waals surface area (Å²) in [6.45, 7) is 2.19. The molecule has 1 heterocycles. The van der Waals surface area contributed by atoms with Gasteiger partial charge in [0.2, 0.25) is 5.91 Å².